The van der Waals surface area contributed by atoms with Crippen molar-refractivity contribution >= 4 is 5.97 Å². The van der Waals surface area contributed by atoms with Crippen LogP contribution in [-0.4, -0.2) is 12.6 Å². The first kappa shape index (κ1) is 16.7. The van der Waals surface area contributed by atoms with Crippen molar-refractivity contribution < 1.29 is 14.6 Å². The minimum atomic E-state index is -0.432. The average molecular weight is 277 g/mol. The summed E-state index contributed by atoms with van der Waals surface area (Å²) in [5.74, 6) is 0.0210. The van der Waals surface area contributed by atoms with Crippen LogP contribution in [0, 0.1) is 6.92 Å². The second-order valence-electron chi connectivity index (χ2n) is 5.24. The summed E-state index contributed by atoms with van der Waals surface area (Å²) >= 11 is 0. The maximum atomic E-state index is 11.7. The molecule has 0 fully saturated rings. The van der Waals surface area contributed by atoms with Crippen LogP contribution in [0.2, 0.25) is 0 Å². The topological polar surface area (TPSA) is 35.5 Å². The largest absolute Gasteiger partial charge is 0.373 e. The Kier molecular flexibility index (Phi) is 7.97. The molecule has 0 bridgehead atoms. The molecule has 0 aromatic heterocycles. The zero-order valence-electron chi connectivity index (χ0n) is 12.6. The van der Waals surface area contributed by atoms with E-state index < -0.39 is 5.97 Å². The first-order chi connectivity index (χ1) is 9.65. The number of benzene rings is 1. The van der Waals surface area contributed by atoms with E-state index in [1.54, 1.807) is 12.1 Å². The highest BCUT2D eigenvalue weighted by Crippen LogP contribution is 2.15. The van der Waals surface area contributed by atoms with Crippen LogP contribution < -0.4 is 0 Å². The van der Waals surface area contributed by atoms with E-state index in [1.165, 1.54) is 5.56 Å². The minimum Gasteiger partial charge on any atom is -0.293 e. The van der Waals surface area contributed by atoms with E-state index in [2.05, 4.69) is 20.8 Å². The maximum absolute atomic E-state index is 11.7. The lowest BCUT2D eigenvalue weighted by molar-refractivity contribution is -0.241. The molecule has 0 unspecified atom stereocenters. The Morgan fingerprint density at radius 3 is 2.35 bits per heavy atom. The van der Waals surface area contributed by atoms with E-state index in [0.29, 0.717) is 18.1 Å². The molecule has 0 saturated heterocycles. The number of carbonyl (C=O) groups excluding carboxylic acids is 1. The van der Waals surface area contributed by atoms with Gasteiger partial charge in [-0.3, -0.25) is 4.89 Å². The predicted octanol–water partition coefficient (Wildman–Crippen LogP) is 4.68. The van der Waals surface area contributed by atoms with Crippen LogP contribution >= 0.6 is 0 Å². The molecule has 3 nitrogen and oxygen atoms in total. The second-order valence-corrected chi connectivity index (χ2v) is 5.24. The monoisotopic (exact) mass is 277 g/mol. The van der Waals surface area contributed by atoms with Gasteiger partial charge in [0.1, 0.15) is 0 Å². The highest BCUT2D eigenvalue weighted by atomic mass is 17.2. The van der Waals surface area contributed by atoms with Crippen molar-refractivity contribution in [3.8, 4) is 0 Å². The number of hydrogen-bond donors (Lipinski definition) is 0. The molecular formula is C17H25O3. The number of hydrogen-bond acceptors (Lipinski definition) is 3. The summed E-state index contributed by atoms with van der Waals surface area (Å²) in [6.07, 6.45) is 5.25. The molecule has 0 aliphatic heterocycles. The number of unbranched alkanes of at least 4 members (excludes halogenated alkanes) is 4. The van der Waals surface area contributed by atoms with E-state index in [-0.39, 0.29) is 0 Å². The highest BCUT2D eigenvalue weighted by molar-refractivity contribution is 5.88. The van der Waals surface area contributed by atoms with E-state index in [9.17, 15) is 4.79 Å². The summed E-state index contributed by atoms with van der Waals surface area (Å²) in [4.78, 5) is 21.4. The van der Waals surface area contributed by atoms with Crippen molar-refractivity contribution in [2.75, 3.05) is 6.61 Å². The Morgan fingerprint density at radius 2 is 1.75 bits per heavy atom. The maximum Gasteiger partial charge on any atom is 0.373 e. The SMILES string of the molecule is [CH2]CCCCCCOOC(=O)c1ccc(C(C)C)cc1. The van der Waals surface area contributed by atoms with Crippen molar-refractivity contribution in [1.29, 1.82) is 0 Å². The van der Waals surface area contributed by atoms with Crippen LogP contribution in [0.5, 0.6) is 0 Å². The van der Waals surface area contributed by atoms with Crippen LogP contribution in [-0.2, 0) is 9.78 Å². The molecule has 0 aliphatic rings. The van der Waals surface area contributed by atoms with Gasteiger partial charge < -0.3 is 0 Å². The molecule has 3 heteroatoms. The highest BCUT2D eigenvalue weighted by Gasteiger charge is 2.08. The van der Waals surface area contributed by atoms with Gasteiger partial charge in [0.2, 0.25) is 0 Å². The fourth-order valence-electron chi connectivity index (χ4n) is 1.84. The smallest absolute Gasteiger partial charge is 0.293 e. The average Bonchev–Trinajstić information content (AvgIpc) is 2.46. The Morgan fingerprint density at radius 1 is 1.10 bits per heavy atom. The fourth-order valence-corrected chi connectivity index (χ4v) is 1.84. The van der Waals surface area contributed by atoms with Gasteiger partial charge in [0.05, 0.1) is 12.2 Å². The normalized spacial score (nSPS) is 10.8. The van der Waals surface area contributed by atoms with Gasteiger partial charge in [-0.15, -0.1) is 0 Å². The van der Waals surface area contributed by atoms with Gasteiger partial charge in [-0.25, -0.2) is 4.79 Å². The van der Waals surface area contributed by atoms with Crippen LogP contribution in [0.25, 0.3) is 0 Å². The molecule has 0 spiro atoms. The van der Waals surface area contributed by atoms with Crippen molar-refractivity contribution in [2.24, 2.45) is 0 Å². The first-order valence-corrected chi connectivity index (χ1v) is 7.38. The van der Waals surface area contributed by atoms with Crippen molar-refractivity contribution in [3.63, 3.8) is 0 Å². The molecule has 1 rings (SSSR count). The van der Waals surface area contributed by atoms with Gasteiger partial charge in [0, 0.05) is 0 Å². The van der Waals surface area contributed by atoms with Crippen LogP contribution in [0.4, 0.5) is 0 Å². The molecule has 0 aliphatic carbocycles. The molecule has 0 atom stereocenters. The standard InChI is InChI=1S/C17H25O3/c1-4-5-6-7-8-13-19-20-17(18)16-11-9-15(10-12-16)14(2)3/h9-12,14H,1,4-8,13H2,2-3H3. The zero-order valence-corrected chi connectivity index (χ0v) is 12.6. The fraction of sp³-hybridized carbons (Fsp3) is 0.529. The van der Waals surface area contributed by atoms with E-state index in [1.807, 2.05) is 12.1 Å². The summed E-state index contributed by atoms with van der Waals surface area (Å²) in [6.45, 7) is 8.48. The molecule has 1 aromatic rings. The molecule has 1 aromatic carbocycles. The Labute approximate surface area is 122 Å². The third-order valence-corrected chi connectivity index (χ3v) is 3.18. The van der Waals surface area contributed by atoms with E-state index >= 15 is 0 Å². The minimum absolute atomic E-state index is 0.432. The number of carbonyl (C=O) groups is 1. The van der Waals surface area contributed by atoms with Crippen LogP contribution in [0.3, 0.4) is 0 Å². The second kappa shape index (κ2) is 9.54. The van der Waals surface area contributed by atoms with Gasteiger partial charge >= 0.3 is 5.97 Å². The summed E-state index contributed by atoms with van der Waals surface area (Å²) in [7, 11) is 0. The van der Waals surface area contributed by atoms with Crippen molar-refractivity contribution in [2.45, 2.75) is 51.9 Å². The van der Waals surface area contributed by atoms with Gasteiger partial charge in [-0.05, 0) is 30.0 Å². The molecule has 0 N–H and O–H groups in total. The quantitative estimate of drug-likeness (QED) is 0.373. The lowest BCUT2D eigenvalue weighted by Crippen LogP contribution is -2.07. The predicted molar refractivity (Wildman–Crippen MR) is 80.3 cm³/mol. The van der Waals surface area contributed by atoms with Gasteiger partial charge in [-0.1, -0.05) is 58.6 Å². The summed E-state index contributed by atoms with van der Waals surface area (Å²) in [6, 6.07) is 7.44. The molecule has 0 amide bonds. The molecule has 0 heterocycles. The van der Waals surface area contributed by atoms with Crippen molar-refractivity contribution in [1.82, 2.24) is 0 Å². The lowest BCUT2D eigenvalue weighted by atomic mass is 10.0. The lowest BCUT2D eigenvalue weighted by Gasteiger charge is -2.06. The van der Waals surface area contributed by atoms with Crippen LogP contribution in [0.15, 0.2) is 24.3 Å². The van der Waals surface area contributed by atoms with Crippen LogP contribution in [0.1, 0.15) is 67.8 Å². The Hall–Kier alpha value is -1.35. The van der Waals surface area contributed by atoms with Gasteiger partial charge in [-0.2, -0.15) is 4.89 Å². The summed E-state index contributed by atoms with van der Waals surface area (Å²) in [5, 5.41) is 0. The molecule has 1 radical (unpaired) electrons. The first-order valence-electron chi connectivity index (χ1n) is 7.38. The molecule has 111 valence electrons. The Bertz CT molecular complexity index is 382. The van der Waals surface area contributed by atoms with E-state index in [0.717, 1.165) is 32.1 Å². The molecule has 20 heavy (non-hydrogen) atoms. The third kappa shape index (κ3) is 6.20. The zero-order chi connectivity index (χ0) is 14.8. The Balaban J connectivity index is 2.22. The van der Waals surface area contributed by atoms with Gasteiger partial charge in [0.25, 0.3) is 0 Å². The summed E-state index contributed by atoms with van der Waals surface area (Å²) in [5.41, 5.74) is 1.72. The summed E-state index contributed by atoms with van der Waals surface area (Å²) < 4.78 is 0. The molecule has 0 saturated carbocycles. The van der Waals surface area contributed by atoms with Crippen molar-refractivity contribution in [3.05, 3.63) is 42.3 Å². The van der Waals surface area contributed by atoms with E-state index in [4.69, 9.17) is 9.78 Å². The number of rotatable bonds is 9. The third-order valence-electron chi connectivity index (χ3n) is 3.18. The van der Waals surface area contributed by atoms with Gasteiger partial charge in [0.15, 0.2) is 0 Å². The molecular weight excluding hydrogens is 252 g/mol.